The molecular weight excluding hydrogens is 252 g/mol. The molecule has 0 saturated heterocycles. The molecule has 0 bridgehead atoms. The summed E-state index contributed by atoms with van der Waals surface area (Å²) in [5.41, 5.74) is 1.22. The third-order valence-electron chi connectivity index (χ3n) is 4.01. The molecule has 2 amide bonds. The Kier molecular flexibility index (Phi) is 4.42. The lowest BCUT2D eigenvalue weighted by Crippen LogP contribution is -2.34. The van der Waals surface area contributed by atoms with Crippen LogP contribution >= 0.6 is 0 Å². The first kappa shape index (κ1) is 14.6. The van der Waals surface area contributed by atoms with Gasteiger partial charge in [-0.05, 0) is 37.3 Å². The first-order chi connectivity index (χ1) is 9.49. The van der Waals surface area contributed by atoms with Gasteiger partial charge in [-0.3, -0.25) is 9.59 Å². The van der Waals surface area contributed by atoms with Gasteiger partial charge >= 0.3 is 0 Å². The monoisotopic (exact) mass is 274 g/mol. The SMILES string of the molecule is CC(=O)N(C)c1ccccc1C(=O)NC1CCC(C)C1. The van der Waals surface area contributed by atoms with Gasteiger partial charge in [-0.25, -0.2) is 0 Å². The fourth-order valence-electron chi connectivity index (χ4n) is 2.73. The van der Waals surface area contributed by atoms with E-state index >= 15 is 0 Å². The van der Waals surface area contributed by atoms with E-state index in [1.165, 1.54) is 18.2 Å². The summed E-state index contributed by atoms with van der Waals surface area (Å²) in [6, 6.07) is 7.48. The first-order valence-corrected chi connectivity index (χ1v) is 7.13. The standard InChI is InChI=1S/C16H22N2O2/c1-11-8-9-13(10-11)17-16(20)14-6-4-5-7-15(14)18(3)12(2)19/h4-7,11,13H,8-10H2,1-3H3,(H,17,20). The van der Waals surface area contributed by atoms with Crippen molar-refractivity contribution < 1.29 is 9.59 Å². The molecule has 1 N–H and O–H groups in total. The molecule has 1 aliphatic rings. The smallest absolute Gasteiger partial charge is 0.253 e. The lowest BCUT2D eigenvalue weighted by atomic mass is 10.1. The molecule has 0 radical (unpaired) electrons. The molecule has 1 aliphatic carbocycles. The summed E-state index contributed by atoms with van der Waals surface area (Å²) < 4.78 is 0. The molecule has 0 spiro atoms. The van der Waals surface area contributed by atoms with Gasteiger partial charge in [0.05, 0.1) is 11.3 Å². The zero-order chi connectivity index (χ0) is 14.7. The van der Waals surface area contributed by atoms with Crippen molar-refractivity contribution in [1.29, 1.82) is 0 Å². The van der Waals surface area contributed by atoms with E-state index in [4.69, 9.17) is 0 Å². The number of benzene rings is 1. The zero-order valence-corrected chi connectivity index (χ0v) is 12.3. The van der Waals surface area contributed by atoms with Crippen LogP contribution in [0.25, 0.3) is 0 Å². The van der Waals surface area contributed by atoms with Crippen LogP contribution in [0.1, 0.15) is 43.5 Å². The Hall–Kier alpha value is -1.84. The van der Waals surface area contributed by atoms with Crippen molar-refractivity contribution in [3.8, 4) is 0 Å². The average Bonchev–Trinajstić information content (AvgIpc) is 2.83. The van der Waals surface area contributed by atoms with Crippen molar-refractivity contribution in [2.75, 3.05) is 11.9 Å². The zero-order valence-electron chi connectivity index (χ0n) is 12.3. The summed E-state index contributed by atoms with van der Waals surface area (Å²) in [4.78, 5) is 25.4. The molecule has 2 unspecified atom stereocenters. The van der Waals surface area contributed by atoms with Gasteiger partial charge in [0.15, 0.2) is 0 Å². The highest BCUT2D eigenvalue weighted by atomic mass is 16.2. The number of para-hydroxylation sites is 1. The van der Waals surface area contributed by atoms with Crippen LogP contribution in [0.3, 0.4) is 0 Å². The van der Waals surface area contributed by atoms with Gasteiger partial charge in [0.1, 0.15) is 0 Å². The first-order valence-electron chi connectivity index (χ1n) is 7.13. The predicted molar refractivity (Wildman–Crippen MR) is 79.8 cm³/mol. The van der Waals surface area contributed by atoms with Crippen molar-refractivity contribution in [3.05, 3.63) is 29.8 Å². The molecule has 2 rings (SSSR count). The predicted octanol–water partition coefficient (Wildman–Crippen LogP) is 2.59. The van der Waals surface area contributed by atoms with Gasteiger partial charge in [0.2, 0.25) is 5.91 Å². The maximum Gasteiger partial charge on any atom is 0.253 e. The molecule has 1 saturated carbocycles. The van der Waals surface area contributed by atoms with Gasteiger partial charge in [0.25, 0.3) is 5.91 Å². The average molecular weight is 274 g/mol. The molecule has 108 valence electrons. The van der Waals surface area contributed by atoms with Gasteiger partial charge in [0, 0.05) is 20.0 Å². The van der Waals surface area contributed by atoms with Gasteiger partial charge < -0.3 is 10.2 Å². The van der Waals surface area contributed by atoms with E-state index in [0.717, 1.165) is 12.8 Å². The van der Waals surface area contributed by atoms with E-state index in [1.54, 1.807) is 19.2 Å². The van der Waals surface area contributed by atoms with Crippen molar-refractivity contribution >= 4 is 17.5 Å². The molecular formula is C16H22N2O2. The van der Waals surface area contributed by atoms with E-state index in [1.807, 2.05) is 12.1 Å². The Morgan fingerprint density at radius 2 is 1.95 bits per heavy atom. The molecule has 1 aromatic rings. The van der Waals surface area contributed by atoms with Crippen LogP contribution in [0.4, 0.5) is 5.69 Å². The van der Waals surface area contributed by atoms with E-state index in [9.17, 15) is 9.59 Å². The minimum atomic E-state index is -0.0900. The van der Waals surface area contributed by atoms with Crippen LogP contribution in [-0.4, -0.2) is 24.9 Å². The van der Waals surface area contributed by atoms with Crippen LogP contribution in [0.5, 0.6) is 0 Å². The second-order valence-corrected chi connectivity index (χ2v) is 5.68. The van der Waals surface area contributed by atoms with Gasteiger partial charge in [-0.1, -0.05) is 19.1 Å². The Labute approximate surface area is 120 Å². The normalized spacial score (nSPS) is 21.6. The number of anilines is 1. The molecule has 0 aliphatic heterocycles. The third-order valence-corrected chi connectivity index (χ3v) is 4.01. The molecule has 1 aromatic carbocycles. The second-order valence-electron chi connectivity index (χ2n) is 5.68. The Balaban J connectivity index is 2.15. The summed E-state index contributed by atoms with van der Waals surface area (Å²) in [5.74, 6) is 0.503. The van der Waals surface area contributed by atoms with Crippen molar-refractivity contribution in [2.24, 2.45) is 5.92 Å². The summed E-state index contributed by atoms with van der Waals surface area (Å²) in [5, 5.41) is 3.08. The number of hydrogen-bond donors (Lipinski definition) is 1. The molecule has 4 heteroatoms. The fourth-order valence-corrected chi connectivity index (χ4v) is 2.73. The van der Waals surface area contributed by atoms with E-state index in [0.29, 0.717) is 17.2 Å². The number of carbonyl (C=O) groups is 2. The maximum absolute atomic E-state index is 12.4. The summed E-state index contributed by atoms with van der Waals surface area (Å²) in [6.45, 7) is 3.71. The Bertz CT molecular complexity index is 513. The number of amides is 2. The van der Waals surface area contributed by atoms with Crippen LogP contribution < -0.4 is 10.2 Å². The molecule has 4 nitrogen and oxygen atoms in total. The highest BCUT2D eigenvalue weighted by Crippen LogP contribution is 2.26. The van der Waals surface area contributed by atoms with E-state index in [2.05, 4.69) is 12.2 Å². The van der Waals surface area contributed by atoms with E-state index in [-0.39, 0.29) is 17.9 Å². The van der Waals surface area contributed by atoms with Crippen molar-refractivity contribution in [1.82, 2.24) is 5.32 Å². The van der Waals surface area contributed by atoms with Crippen LogP contribution in [0, 0.1) is 5.92 Å². The molecule has 20 heavy (non-hydrogen) atoms. The Morgan fingerprint density at radius 1 is 1.25 bits per heavy atom. The minimum absolute atomic E-state index is 0.0836. The minimum Gasteiger partial charge on any atom is -0.349 e. The fraction of sp³-hybridized carbons (Fsp3) is 0.500. The number of rotatable bonds is 3. The molecule has 0 heterocycles. The molecule has 1 fully saturated rings. The van der Waals surface area contributed by atoms with Crippen molar-refractivity contribution in [2.45, 2.75) is 39.2 Å². The van der Waals surface area contributed by atoms with Crippen molar-refractivity contribution in [3.63, 3.8) is 0 Å². The number of nitrogens with one attached hydrogen (secondary N) is 1. The maximum atomic E-state index is 12.4. The Morgan fingerprint density at radius 3 is 2.55 bits per heavy atom. The van der Waals surface area contributed by atoms with Gasteiger partial charge in [-0.15, -0.1) is 0 Å². The van der Waals surface area contributed by atoms with Gasteiger partial charge in [-0.2, -0.15) is 0 Å². The lowest BCUT2D eigenvalue weighted by molar-refractivity contribution is -0.116. The second kappa shape index (κ2) is 6.07. The van der Waals surface area contributed by atoms with E-state index < -0.39 is 0 Å². The molecule has 0 aromatic heterocycles. The topological polar surface area (TPSA) is 49.4 Å². The quantitative estimate of drug-likeness (QED) is 0.921. The lowest BCUT2D eigenvalue weighted by Gasteiger charge is -2.20. The summed E-state index contributed by atoms with van der Waals surface area (Å²) >= 11 is 0. The highest BCUT2D eigenvalue weighted by molar-refractivity contribution is 6.04. The summed E-state index contributed by atoms with van der Waals surface area (Å²) in [7, 11) is 1.69. The van der Waals surface area contributed by atoms with Crippen LogP contribution in [-0.2, 0) is 4.79 Å². The number of hydrogen-bond acceptors (Lipinski definition) is 2. The number of nitrogens with zero attached hydrogens (tertiary/aromatic N) is 1. The van der Waals surface area contributed by atoms with Crippen LogP contribution in [0.2, 0.25) is 0 Å². The third kappa shape index (κ3) is 3.18. The largest absolute Gasteiger partial charge is 0.349 e. The highest BCUT2D eigenvalue weighted by Gasteiger charge is 2.24. The number of carbonyl (C=O) groups excluding carboxylic acids is 2. The van der Waals surface area contributed by atoms with Crippen LogP contribution in [0.15, 0.2) is 24.3 Å². The summed E-state index contributed by atoms with van der Waals surface area (Å²) in [6.07, 6.45) is 3.24. The molecule has 2 atom stereocenters.